The Balaban J connectivity index is 1.31. The molecule has 1 aliphatic carbocycles. The number of halogens is 9. The molecule has 1 aliphatic heterocycles. The van der Waals surface area contributed by atoms with Gasteiger partial charge in [0.25, 0.3) is 5.95 Å². The van der Waals surface area contributed by atoms with Crippen LogP contribution in [0.5, 0.6) is 0 Å². The molecule has 0 amide bonds. The van der Waals surface area contributed by atoms with Gasteiger partial charge in [0, 0.05) is 31.0 Å². The van der Waals surface area contributed by atoms with Gasteiger partial charge >= 0.3 is 18.5 Å². The molecule has 0 N–H and O–H groups in total. The topological polar surface area (TPSA) is 89.0 Å². The van der Waals surface area contributed by atoms with Crippen molar-refractivity contribution in [3.8, 4) is 0 Å². The van der Waals surface area contributed by atoms with Crippen molar-refractivity contribution in [3.05, 3.63) is 81.6 Å². The van der Waals surface area contributed by atoms with Crippen LogP contribution in [0.2, 0.25) is 0 Å². The summed E-state index contributed by atoms with van der Waals surface area (Å²) in [5, 5.41) is 20.2. The Morgan fingerprint density at radius 1 is 0.765 bits per heavy atom. The van der Waals surface area contributed by atoms with E-state index in [2.05, 4.69) is 30.5 Å². The van der Waals surface area contributed by atoms with Gasteiger partial charge in [0.15, 0.2) is 0 Å². The number of likely N-dealkylation sites (tertiary alicyclic amines) is 1. The highest BCUT2D eigenvalue weighted by Crippen LogP contribution is 2.41. The van der Waals surface area contributed by atoms with Crippen LogP contribution in [-0.2, 0) is 38.7 Å². The summed E-state index contributed by atoms with van der Waals surface area (Å²) in [5.74, 6) is 1.36. The lowest BCUT2D eigenvalue weighted by Gasteiger charge is -2.38. The highest BCUT2D eigenvalue weighted by Gasteiger charge is 2.38. The van der Waals surface area contributed by atoms with Gasteiger partial charge in [-0.2, -0.15) is 44.3 Å². The molecule has 4 aromatic rings. The fourth-order valence-electron chi connectivity index (χ4n) is 6.74. The lowest BCUT2D eigenvalue weighted by molar-refractivity contribution is -0.143. The van der Waals surface area contributed by atoms with E-state index in [4.69, 9.17) is 4.42 Å². The quantitative estimate of drug-likeness (QED) is 0.150. The largest absolute Gasteiger partial charge is 0.425 e. The summed E-state index contributed by atoms with van der Waals surface area (Å²) in [5.41, 5.74) is -3.70. The third-order valence-corrected chi connectivity index (χ3v) is 9.61. The van der Waals surface area contributed by atoms with Gasteiger partial charge in [-0.05, 0) is 97.4 Å². The Morgan fingerprint density at radius 3 is 1.84 bits per heavy atom. The van der Waals surface area contributed by atoms with Crippen LogP contribution < -0.4 is 4.90 Å². The number of benzene rings is 2. The Hall–Kier alpha value is -4.22. The van der Waals surface area contributed by atoms with Crippen molar-refractivity contribution in [3.63, 3.8) is 0 Å². The summed E-state index contributed by atoms with van der Waals surface area (Å²) in [6, 6.07) is 4.12. The van der Waals surface area contributed by atoms with E-state index < -0.39 is 47.3 Å². The molecular formula is C33H35F9N8O. The Bertz CT molecular complexity index is 1770. The zero-order valence-corrected chi connectivity index (χ0v) is 27.7. The predicted octanol–water partition coefficient (Wildman–Crippen LogP) is 8.45. The van der Waals surface area contributed by atoms with Gasteiger partial charge in [-0.25, -0.2) is 0 Å². The van der Waals surface area contributed by atoms with Crippen LogP contribution >= 0.6 is 0 Å². The standard InChI is InChI=1S/C33H35F9N8O/c1-3-27(49-11-9-21(10-12-49)29-44-43-28(51-29)20-5-4-6-20)26-8-7-23(31(34,35)36)15-22(26)18-50(30-45-47-48(2)46-30)17-19-13-24(32(37,38)39)16-25(14-19)33(40,41)42/h7-8,13-16,20-21,27H,3-6,9-12,17-18H2,1-2H3. The normalized spacial score (nSPS) is 17.5. The van der Waals surface area contributed by atoms with E-state index in [1.165, 1.54) is 18.0 Å². The van der Waals surface area contributed by atoms with Gasteiger partial charge in [-0.3, -0.25) is 4.90 Å². The van der Waals surface area contributed by atoms with Gasteiger partial charge in [0.2, 0.25) is 11.8 Å². The number of anilines is 1. The monoisotopic (exact) mass is 730 g/mol. The molecule has 2 fully saturated rings. The maximum Gasteiger partial charge on any atom is 0.416 e. The number of hydrogen-bond acceptors (Lipinski definition) is 8. The summed E-state index contributed by atoms with van der Waals surface area (Å²) in [4.78, 5) is 4.40. The highest BCUT2D eigenvalue weighted by atomic mass is 19.4. The molecule has 9 nitrogen and oxygen atoms in total. The van der Waals surface area contributed by atoms with Crippen LogP contribution in [0.25, 0.3) is 0 Å². The van der Waals surface area contributed by atoms with E-state index in [0.717, 1.165) is 36.2 Å². The lowest BCUT2D eigenvalue weighted by atomic mass is 9.85. The minimum Gasteiger partial charge on any atom is -0.425 e. The minimum atomic E-state index is -5.09. The third-order valence-electron chi connectivity index (χ3n) is 9.61. The summed E-state index contributed by atoms with van der Waals surface area (Å²) in [6.45, 7) is 2.07. The van der Waals surface area contributed by atoms with Gasteiger partial charge in [0.1, 0.15) is 0 Å². The van der Waals surface area contributed by atoms with E-state index in [0.29, 0.717) is 67.7 Å². The molecule has 0 spiro atoms. The van der Waals surface area contributed by atoms with Crippen molar-refractivity contribution in [2.75, 3.05) is 18.0 Å². The van der Waals surface area contributed by atoms with Crippen molar-refractivity contribution in [2.24, 2.45) is 7.05 Å². The van der Waals surface area contributed by atoms with Crippen LogP contribution in [0.15, 0.2) is 40.8 Å². The Morgan fingerprint density at radius 2 is 1.35 bits per heavy atom. The number of alkyl halides is 9. The Labute approximate surface area is 286 Å². The number of aromatic nitrogens is 6. The molecule has 1 saturated heterocycles. The number of tetrazole rings is 1. The zero-order valence-electron chi connectivity index (χ0n) is 27.7. The molecule has 51 heavy (non-hydrogen) atoms. The van der Waals surface area contributed by atoms with Crippen LogP contribution in [0.3, 0.4) is 0 Å². The first-order valence-electron chi connectivity index (χ1n) is 16.5. The van der Waals surface area contributed by atoms with Crippen LogP contribution in [-0.4, -0.2) is 48.4 Å². The fourth-order valence-corrected chi connectivity index (χ4v) is 6.74. The molecule has 3 heterocycles. The van der Waals surface area contributed by atoms with E-state index >= 15 is 0 Å². The Kier molecular flexibility index (Phi) is 10.1. The molecule has 2 aromatic heterocycles. The summed E-state index contributed by atoms with van der Waals surface area (Å²) < 4.78 is 130. The van der Waals surface area contributed by atoms with Gasteiger partial charge < -0.3 is 9.32 Å². The third kappa shape index (κ3) is 8.31. The second-order valence-electron chi connectivity index (χ2n) is 13.1. The van der Waals surface area contributed by atoms with Crippen LogP contribution in [0.4, 0.5) is 45.5 Å². The SMILES string of the molecule is CCC(c1ccc(C(F)(F)F)cc1CN(Cc1cc(C(F)(F)F)cc(C(F)(F)F)c1)c1nnn(C)n1)N1CCC(c2nnc(C3CCC3)o2)CC1. The molecular weight excluding hydrogens is 695 g/mol. The second-order valence-corrected chi connectivity index (χ2v) is 13.1. The van der Waals surface area contributed by atoms with Crippen molar-refractivity contribution in [2.45, 2.75) is 94.9 Å². The maximum absolute atomic E-state index is 14.0. The van der Waals surface area contributed by atoms with Crippen LogP contribution in [0.1, 0.15) is 108 Å². The number of piperidine rings is 1. The fraction of sp³-hybridized carbons (Fsp3) is 0.545. The molecule has 6 rings (SSSR count). The zero-order chi connectivity index (χ0) is 36.7. The molecule has 276 valence electrons. The minimum absolute atomic E-state index is 0.0140. The first-order valence-corrected chi connectivity index (χ1v) is 16.5. The van der Waals surface area contributed by atoms with E-state index in [1.807, 2.05) is 6.92 Å². The van der Waals surface area contributed by atoms with E-state index in [1.54, 1.807) is 0 Å². The van der Waals surface area contributed by atoms with Gasteiger partial charge in [-0.15, -0.1) is 15.3 Å². The number of nitrogens with zero attached hydrogens (tertiary/aromatic N) is 8. The molecule has 1 unspecified atom stereocenters. The van der Waals surface area contributed by atoms with E-state index in [-0.39, 0.29) is 36.1 Å². The molecule has 1 atom stereocenters. The molecule has 1 saturated carbocycles. The second kappa shape index (κ2) is 14.1. The molecule has 0 bridgehead atoms. The van der Waals surface area contributed by atoms with Gasteiger partial charge in [-0.1, -0.05) is 24.5 Å². The predicted molar refractivity (Wildman–Crippen MR) is 164 cm³/mol. The lowest BCUT2D eigenvalue weighted by Crippen LogP contribution is -2.37. The average Bonchev–Trinajstić information content (AvgIpc) is 3.69. The highest BCUT2D eigenvalue weighted by molar-refractivity contribution is 5.42. The summed E-state index contributed by atoms with van der Waals surface area (Å²) in [7, 11) is 1.40. The van der Waals surface area contributed by atoms with Crippen LogP contribution in [0, 0.1) is 0 Å². The van der Waals surface area contributed by atoms with Gasteiger partial charge in [0.05, 0.1) is 23.7 Å². The number of hydrogen-bond donors (Lipinski definition) is 0. The smallest absolute Gasteiger partial charge is 0.416 e. The molecule has 2 aliphatic rings. The number of rotatable bonds is 10. The van der Waals surface area contributed by atoms with Crippen molar-refractivity contribution < 1.29 is 43.9 Å². The molecule has 18 heteroatoms. The van der Waals surface area contributed by atoms with Crippen molar-refractivity contribution in [1.82, 2.24) is 35.3 Å². The van der Waals surface area contributed by atoms with Crippen molar-refractivity contribution >= 4 is 5.95 Å². The molecule has 2 aromatic carbocycles. The number of aryl methyl sites for hydroxylation is 1. The first kappa shape index (κ1) is 36.6. The van der Waals surface area contributed by atoms with E-state index in [9.17, 15) is 39.5 Å². The summed E-state index contributed by atoms with van der Waals surface area (Å²) >= 11 is 0. The molecule has 0 radical (unpaired) electrons. The average molecular weight is 731 g/mol. The van der Waals surface area contributed by atoms with Crippen molar-refractivity contribution in [1.29, 1.82) is 0 Å². The maximum atomic E-state index is 14.0. The first-order chi connectivity index (χ1) is 24.0. The summed E-state index contributed by atoms with van der Waals surface area (Å²) in [6.07, 6.45) is -9.90.